The third kappa shape index (κ3) is 3.45. The van der Waals surface area contributed by atoms with Crippen LogP contribution >= 0.6 is 11.3 Å². The lowest BCUT2D eigenvalue weighted by Crippen LogP contribution is -2.15. The molecule has 5 nitrogen and oxygen atoms in total. The number of nitrogens with zero attached hydrogens (tertiary/aromatic N) is 3. The van der Waals surface area contributed by atoms with Gasteiger partial charge in [-0.1, -0.05) is 18.2 Å². The van der Waals surface area contributed by atoms with Gasteiger partial charge in [-0.25, -0.2) is 9.97 Å². The highest BCUT2D eigenvalue weighted by atomic mass is 32.1. The van der Waals surface area contributed by atoms with E-state index in [9.17, 15) is 4.79 Å². The molecule has 0 unspecified atom stereocenters. The molecule has 0 radical (unpaired) electrons. The quantitative estimate of drug-likeness (QED) is 0.591. The number of thiazole rings is 1. The van der Waals surface area contributed by atoms with Gasteiger partial charge in [-0.3, -0.25) is 9.78 Å². The van der Waals surface area contributed by atoms with Gasteiger partial charge in [0.25, 0.3) is 0 Å². The van der Waals surface area contributed by atoms with Crippen LogP contribution < -0.4 is 5.32 Å². The van der Waals surface area contributed by atoms with E-state index in [1.165, 1.54) is 11.3 Å². The van der Waals surface area contributed by atoms with Gasteiger partial charge in [0.1, 0.15) is 0 Å². The van der Waals surface area contributed by atoms with Crippen LogP contribution in [-0.4, -0.2) is 20.9 Å². The number of fused-ring (bicyclic) bond motifs is 1. The van der Waals surface area contributed by atoms with Gasteiger partial charge in [0.15, 0.2) is 0 Å². The first-order chi connectivity index (χ1) is 12.7. The molecule has 0 aliphatic carbocycles. The maximum absolute atomic E-state index is 12.3. The van der Waals surface area contributed by atoms with Crippen LogP contribution in [0.4, 0.5) is 5.69 Å². The van der Waals surface area contributed by atoms with Gasteiger partial charge in [-0.2, -0.15) is 0 Å². The molecule has 1 aromatic carbocycles. The number of aromatic nitrogens is 3. The average Bonchev–Trinajstić information content (AvgIpc) is 3.14. The van der Waals surface area contributed by atoms with Crippen molar-refractivity contribution in [1.82, 2.24) is 15.0 Å². The van der Waals surface area contributed by atoms with Gasteiger partial charge in [-0.15, -0.1) is 11.3 Å². The van der Waals surface area contributed by atoms with Crippen LogP contribution in [0.15, 0.2) is 59.6 Å². The Bertz CT molecular complexity index is 1080. The number of pyridine rings is 2. The number of rotatable bonds is 4. The van der Waals surface area contributed by atoms with E-state index in [1.54, 1.807) is 11.7 Å². The average molecular weight is 360 g/mol. The number of carbonyl (C=O) groups excluding carboxylic acids is 1. The standard InChI is InChI=1S/C20H16N4OS/c1-13-9-15(7-8-21-13)17-6-5-14-3-2-4-18(20(14)24-17)23-19(25)10-16-11-26-12-22-16/h2-9,11-12H,10H2,1H3,(H,23,25). The van der Waals surface area contributed by atoms with Crippen molar-refractivity contribution in [3.63, 3.8) is 0 Å². The van der Waals surface area contributed by atoms with E-state index in [0.717, 1.165) is 33.5 Å². The Morgan fingerprint density at radius 3 is 2.88 bits per heavy atom. The van der Waals surface area contributed by atoms with Gasteiger partial charge in [0.2, 0.25) is 5.91 Å². The number of amides is 1. The van der Waals surface area contributed by atoms with E-state index in [2.05, 4.69) is 15.3 Å². The fourth-order valence-electron chi connectivity index (χ4n) is 2.80. The van der Waals surface area contributed by atoms with E-state index in [1.807, 2.05) is 54.8 Å². The Morgan fingerprint density at radius 1 is 1.15 bits per heavy atom. The molecule has 0 aliphatic rings. The highest BCUT2D eigenvalue weighted by molar-refractivity contribution is 7.07. The number of anilines is 1. The lowest BCUT2D eigenvalue weighted by atomic mass is 10.1. The maximum Gasteiger partial charge on any atom is 0.230 e. The van der Waals surface area contributed by atoms with Crippen LogP contribution in [0, 0.1) is 6.92 Å². The first-order valence-corrected chi connectivity index (χ1v) is 9.13. The van der Waals surface area contributed by atoms with Crippen LogP contribution in [0.25, 0.3) is 22.2 Å². The fourth-order valence-corrected chi connectivity index (χ4v) is 3.36. The van der Waals surface area contributed by atoms with Crippen molar-refractivity contribution in [3.8, 4) is 11.3 Å². The molecule has 0 saturated carbocycles. The van der Waals surface area contributed by atoms with E-state index >= 15 is 0 Å². The molecule has 0 spiro atoms. The van der Waals surface area contributed by atoms with Crippen LogP contribution in [0.5, 0.6) is 0 Å². The number of aryl methyl sites for hydroxylation is 1. The predicted octanol–water partition coefficient (Wildman–Crippen LogP) is 4.24. The van der Waals surface area contributed by atoms with Crippen molar-refractivity contribution in [2.45, 2.75) is 13.3 Å². The first kappa shape index (κ1) is 16.4. The van der Waals surface area contributed by atoms with Crippen molar-refractivity contribution in [2.75, 3.05) is 5.32 Å². The minimum Gasteiger partial charge on any atom is -0.324 e. The minimum absolute atomic E-state index is 0.102. The second-order valence-electron chi connectivity index (χ2n) is 5.96. The normalized spacial score (nSPS) is 10.8. The monoisotopic (exact) mass is 360 g/mol. The summed E-state index contributed by atoms with van der Waals surface area (Å²) in [6.45, 7) is 1.95. The van der Waals surface area contributed by atoms with E-state index in [-0.39, 0.29) is 12.3 Å². The highest BCUT2D eigenvalue weighted by Crippen LogP contribution is 2.26. The van der Waals surface area contributed by atoms with Gasteiger partial charge < -0.3 is 5.32 Å². The van der Waals surface area contributed by atoms with Crippen molar-refractivity contribution in [2.24, 2.45) is 0 Å². The fraction of sp³-hybridized carbons (Fsp3) is 0.100. The van der Waals surface area contributed by atoms with Crippen LogP contribution in [0.1, 0.15) is 11.4 Å². The Labute approximate surface area is 154 Å². The maximum atomic E-state index is 12.3. The molecule has 1 amide bonds. The van der Waals surface area contributed by atoms with Gasteiger partial charge in [0, 0.05) is 28.2 Å². The summed E-state index contributed by atoms with van der Waals surface area (Å²) in [4.78, 5) is 25.5. The number of hydrogen-bond acceptors (Lipinski definition) is 5. The van der Waals surface area contributed by atoms with Crippen LogP contribution in [-0.2, 0) is 11.2 Å². The van der Waals surface area contributed by atoms with Crippen LogP contribution in [0.3, 0.4) is 0 Å². The number of nitrogens with one attached hydrogen (secondary N) is 1. The summed E-state index contributed by atoms with van der Waals surface area (Å²) in [5.74, 6) is -0.102. The Balaban J connectivity index is 1.68. The third-order valence-electron chi connectivity index (χ3n) is 4.01. The molecule has 4 rings (SSSR count). The number of carbonyl (C=O) groups is 1. The molecule has 3 aromatic heterocycles. The van der Waals surface area contributed by atoms with Crippen molar-refractivity contribution in [3.05, 3.63) is 70.9 Å². The Kier molecular flexibility index (Phi) is 4.41. The molecule has 128 valence electrons. The number of benzene rings is 1. The predicted molar refractivity (Wildman–Crippen MR) is 104 cm³/mol. The topological polar surface area (TPSA) is 67.8 Å². The molecule has 0 aliphatic heterocycles. The lowest BCUT2D eigenvalue weighted by molar-refractivity contribution is -0.115. The Morgan fingerprint density at radius 2 is 2.08 bits per heavy atom. The highest BCUT2D eigenvalue weighted by Gasteiger charge is 2.10. The van der Waals surface area contributed by atoms with Crippen LogP contribution in [0.2, 0.25) is 0 Å². The molecule has 0 bridgehead atoms. The van der Waals surface area contributed by atoms with E-state index in [0.29, 0.717) is 5.69 Å². The second-order valence-corrected chi connectivity index (χ2v) is 6.68. The summed E-state index contributed by atoms with van der Waals surface area (Å²) < 4.78 is 0. The van der Waals surface area contributed by atoms with E-state index < -0.39 is 0 Å². The molecule has 0 atom stereocenters. The summed E-state index contributed by atoms with van der Waals surface area (Å²) in [5.41, 5.74) is 6.77. The van der Waals surface area contributed by atoms with Crippen molar-refractivity contribution >= 4 is 33.8 Å². The second kappa shape index (κ2) is 7.01. The van der Waals surface area contributed by atoms with E-state index in [4.69, 9.17) is 4.98 Å². The SMILES string of the molecule is Cc1cc(-c2ccc3cccc(NC(=O)Cc4cscn4)c3n2)ccn1. The molecular formula is C20H16N4OS. The lowest BCUT2D eigenvalue weighted by Gasteiger charge is -2.09. The summed E-state index contributed by atoms with van der Waals surface area (Å²) in [5, 5.41) is 5.82. The summed E-state index contributed by atoms with van der Waals surface area (Å²) in [6, 6.07) is 13.7. The molecule has 0 saturated heterocycles. The molecule has 4 aromatic rings. The molecule has 3 heterocycles. The molecular weight excluding hydrogens is 344 g/mol. The van der Waals surface area contributed by atoms with Crippen molar-refractivity contribution < 1.29 is 4.79 Å². The van der Waals surface area contributed by atoms with Gasteiger partial charge >= 0.3 is 0 Å². The largest absolute Gasteiger partial charge is 0.324 e. The molecule has 26 heavy (non-hydrogen) atoms. The molecule has 1 N–H and O–H groups in total. The van der Waals surface area contributed by atoms with Gasteiger partial charge in [-0.05, 0) is 31.2 Å². The smallest absolute Gasteiger partial charge is 0.230 e. The minimum atomic E-state index is -0.102. The zero-order chi connectivity index (χ0) is 17.9. The Hall–Kier alpha value is -3.12. The molecule has 6 heteroatoms. The molecule has 0 fully saturated rings. The number of para-hydroxylation sites is 1. The van der Waals surface area contributed by atoms with Crippen molar-refractivity contribution in [1.29, 1.82) is 0 Å². The summed E-state index contributed by atoms with van der Waals surface area (Å²) in [7, 11) is 0. The van der Waals surface area contributed by atoms with Gasteiger partial charge in [0.05, 0.1) is 34.5 Å². The zero-order valence-electron chi connectivity index (χ0n) is 14.1. The number of hydrogen-bond donors (Lipinski definition) is 1. The summed E-state index contributed by atoms with van der Waals surface area (Å²) in [6.07, 6.45) is 2.03. The third-order valence-corrected chi connectivity index (χ3v) is 4.65. The zero-order valence-corrected chi connectivity index (χ0v) is 15.0. The summed E-state index contributed by atoms with van der Waals surface area (Å²) >= 11 is 1.48. The first-order valence-electron chi connectivity index (χ1n) is 8.19.